The first kappa shape index (κ1) is 28.3. The van der Waals surface area contributed by atoms with E-state index in [1.165, 1.54) is 25.8 Å². The second-order valence-corrected chi connectivity index (χ2v) is 10.4. The minimum absolute atomic E-state index is 0.00381. The Hall–Kier alpha value is -5.21. The van der Waals surface area contributed by atoms with Crippen LogP contribution in [0.2, 0.25) is 0 Å². The number of sulfone groups is 1. The molecule has 0 aliphatic carbocycles. The summed E-state index contributed by atoms with van der Waals surface area (Å²) in [6, 6.07) is 12.1. The third kappa shape index (κ3) is 5.53. The molecule has 42 heavy (non-hydrogen) atoms. The molecule has 0 unspecified atom stereocenters. The van der Waals surface area contributed by atoms with Crippen molar-refractivity contribution in [1.82, 2.24) is 5.48 Å². The zero-order valence-electron chi connectivity index (χ0n) is 22.1. The standard InChI is InChI=1S/C28H23NO12S/c1-35-21-8-9-24(26(27(21)36-2)28(31)29-32)42(33,34)25(30)10-5-17(11-16-3-6-19-22(12-16)39-14-37-19)41-18-4-7-20-23(13-18)40-15-38-20/h3-13,32H,14-15H2,1-2H3,(H,29,31). The van der Waals surface area contributed by atoms with E-state index in [0.717, 1.165) is 18.2 Å². The molecule has 0 atom stereocenters. The fourth-order valence-electron chi connectivity index (χ4n) is 4.11. The number of ether oxygens (including phenoxy) is 7. The number of benzene rings is 3. The number of carbonyl (C=O) groups excluding carboxylic acids is 2. The van der Waals surface area contributed by atoms with Crippen molar-refractivity contribution in [2.45, 2.75) is 4.90 Å². The number of fused-ring (bicyclic) bond motifs is 2. The van der Waals surface area contributed by atoms with Gasteiger partial charge in [-0.1, -0.05) is 6.07 Å². The van der Waals surface area contributed by atoms with Crippen LogP contribution in [0.3, 0.4) is 0 Å². The van der Waals surface area contributed by atoms with Crippen molar-refractivity contribution in [2.24, 2.45) is 0 Å². The van der Waals surface area contributed by atoms with E-state index in [-0.39, 0.29) is 30.8 Å². The van der Waals surface area contributed by atoms with E-state index >= 15 is 0 Å². The van der Waals surface area contributed by atoms with Gasteiger partial charge in [0.2, 0.25) is 23.4 Å². The molecule has 218 valence electrons. The average Bonchev–Trinajstić information content (AvgIpc) is 3.67. The average molecular weight is 598 g/mol. The molecule has 2 N–H and O–H groups in total. The Labute approximate surface area is 239 Å². The highest BCUT2D eigenvalue weighted by molar-refractivity contribution is 8.06. The van der Waals surface area contributed by atoms with Crippen molar-refractivity contribution in [3.8, 4) is 40.2 Å². The zero-order valence-corrected chi connectivity index (χ0v) is 22.9. The summed E-state index contributed by atoms with van der Waals surface area (Å²) in [5.74, 6) is 0.886. The van der Waals surface area contributed by atoms with Crippen molar-refractivity contribution in [1.29, 1.82) is 0 Å². The third-order valence-corrected chi connectivity index (χ3v) is 7.64. The SMILES string of the molecule is COc1ccc(S(=O)(=O)C(=O)C=CC(=Cc2ccc3c(c2)OCO3)Oc2ccc3c(c2)OCO3)c(C(=O)NO)c1OC. The van der Waals surface area contributed by atoms with Crippen molar-refractivity contribution in [3.05, 3.63) is 77.6 Å². The molecule has 14 heteroatoms. The molecule has 2 heterocycles. The maximum absolute atomic E-state index is 13.3. The summed E-state index contributed by atoms with van der Waals surface area (Å²) in [5.41, 5.74) is 1.34. The summed E-state index contributed by atoms with van der Waals surface area (Å²) in [4.78, 5) is 24.8. The third-order valence-electron chi connectivity index (χ3n) is 6.06. The lowest BCUT2D eigenvalue weighted by Gasteiger charge is -2.15. The largest absolute Gasteiger partial charge is 0.493 e. The molecular weight excluding hydrogens is 574 g/mol. The Morgan fingerprint density at radius 3 is 2.19 bits per heavy atom. The molecule has 0 fully saturated rings. The smallest absolute Gasteiger partial charge is 0.279 e. The first-order valence-corrected chi connectivity index (χ1v) is 13.6. The molecule has 0 spiro atoms. The summed E-state index contributed by atoms with van der Waals surface area (Å²) >= 11 is 0. The molecule has 3 aromatic rings. The summed E-state index contributed by atoms with van der Waals surface area (Å²) in [6.45, 7) is 0.124. The van der Waals surface area contributed by atoms with E-state index in [9.17, 15) is 23.2 Å². The van der Waals surface area contributed by atoms with E-state index in [1.807, 2.05) is 0 Å². The lowest BCUT2D eigenvalue weighted by molar-refractivity contribution is -0.107. The molecule has 2 aliphatic rings. The van der Waals surface area contributed by atoms with Crippen LogP contribution in [0.4, 0.5) is 0 Å². The number of hydrogen-bond acceptors (Lipinski definition) is 12. The Kier molecular flexibility index (Phi) is 7.91. The van der Waals surface area contributed by atoms with Gasteiger partial charge in [0.25, 0.3) is 11.0 Å². The first-order chi connectivity index (χ1) is 20.2. The number of allylic oxidation sites excluding steroid dienone is 1. The Morgan fingerprint density at radius 1 is 0.857 bits per heavy atom. The lowest BCUT2D eigenvalue weighted by Crippen LogP contribution is -2.24. The lowest BCUT2D eigenvalue weighted by atomic mass is 10.1. The summed E-state index contributed by atoms with van der Waals surface area (Å²) in [5, 5.41) is 7.84. The second-order valence-electron chi connectivity index (χ2n) is 8.55. The highest BCUT2D eigenvalue weighted by atomic mass is 32.2. The minimum Gasteiger partial charge on any atom is -0.493 e. The molecule has 0 saturated carbocycles. The monoisotopic (exact) mass is 597 g/mol. The van der Waals surface area contributed by atoms with Gasteiger partial charge in [0.1, 0.15) is 17.1 Å². The van der Waals surface area contributed by atoms with Gasteiger partial charge in [-0.25, -0.2) is 13.9 Å². The van der Waals surface area contributed by atoms with Crippen molar-refractivity contribution in [3.63, 3.8) is 0 Å². The van der Waals surface area contributed by atoms with Gasteiger partial charge in [-0.15, -0.1) is 0 Å². The second kappa shape index (κ2) is 11.7. The zero-order chi connectivity index (χ0) is 29.9. The molecule has 2 aliphatic heterocycles. The predicted octanol–water partition coefficient (Wildman–Crippen LogP) is 3.26. The van der Waals surface area contributed by atoms with Crippen LogP contribution >= 0.6 is 0 Å². The van der Waals surface area contributed by atoms with E-state index < -0.39 is 31.3 Å². The number of amides is 1. The number of hydroxylamine groups is 1. The molecule has 0 saturated heterocycles. The molecule has 5 rings (SSSR count). The van der Waals surface area contributed by atoms with Gasteiger partial charge in [0.15, 0.2) is 34.5 Å². The van der Waals surface area contributed by atoms with Crippen LogP contribution in [0.5, 0.6) is 40.2 Å². The summed E-state index contributed by atoms with van der Waals surface area (Å²) in [6.07, 6.45) is 3.48. The van der Waals surface area contributed by atoms with Crippen LogP contribution in [-0.2, 0) is 14.6 Å². The van der Waals surface area contributed by atoms with Gasteiger partial charge in [0.05, 0.1) is 19.1 Å². The first-order valence-electron chi connectivity index (χ1n) is 12.1. The maximum Gasteiger partial charge on any atom is 0.279 e. The van der Waals surface area contributed by atoms with Gasteiger partial charge >= 0.3 is 0 Å². The topological polar surface area (TPSA) is 165 Å². The molecule has 0 radical (unpaired) electrons. The molecule has 1 amide bonds. The van der Waals surface area contributed by atoms with Crippen molar-refractivity contribution in [2.75, 3.05) is 27.8 Å². The number of methoxy groups -OCH3 is 2. The van der Waals surface area contributed by atoms with E-state index in [2.05, 4.69) is 0 Å². The van der Waals surface area contributed by atoms with Crippen LogP contribution in [0.15, 0.2) is 71.3 Å². The molecule has 0 aromatic heterocycles. The molecule has 13 nitrogen and oxygen atoms in total. The van der Waals surface area contributed by atoms with Crippen molar-refractivity contribution < 1.29 is 56.4 Å². The Balaban J connectivity index is 1.51. The summed E-state index contributed by atoms with van der Waals surface area (Å²) < 4.78 is 64.4. The number of carbonyl (C=O) groups is 2. The number of rotatable bonds is 9. The summed E-state index contributed by atoms with van der Waals surface area (Å²) in [7, 11) is -2.38. The van der Waals surface area contributed by atoms with Gasteiger partial charge in [-0.2, -0.15) is 0 Å². The maximum atomic E-state index is 13.3. The number of nitrogens with one attached hydrogen (secondary N) is 1. The fourth-order valence-corrected chi connectivity index (χ4v) is 5.27. The Morgan fingerprint density at radius 2 is 1.52 bits per heavy atom. The van der Waals surface area contributed by atoms with Crippen LogP contribution in [0.25, 0.3) is 6.08 Å². The highest BCUT2D eigenvalue weighted by Gasteiger charge is 2.32. The van der Waals surface area contributed by atoms with E-state index in [1.54, 1.807) is 42.5 Å². The predicted molar refractivity (Wildman–Crippen MR) is 144 cm³/mol. The van der Waals surface area contributed by atoms with Gasteiger partial charge in [-0.3, -0.25) is 14.8 Å². The van der Waals surface area contributed by atoms with E-state index in [0.29, 0.717) is 34.3 Å². The molecule has 0 bridgehead atoms. The van der Waals surface area contributed by atoms with Crippen LogP contribution in [-0.4, -0.2) is 52.5 Å². The van der Waals surface area contributed by atoms with Crippen molar-refractivity contribution >= 4 is 26.9 Å². The van der Waals surface area contributed by atoms with Gasteiger partial charge in [0, 0.05) is 12.1 Å². The van der Waals surface area contributed by atoms with Crippen LogP contribution in [0.1, 0.15) is 15.9 Å². The molecule has 3 aromatic carbocycles. The normalized spacial score (nSPS) is 13.6. The van der Waals surface area contributed by atoms with Gasteiger partial charge < -0.3 is 33.2 Å². The van der Waals surface area contributed by atoms with Crippen LogP contribution < -0.4 is 38.6 Å². The number of hydrogen-bond donors (Lipinski definition) is 2. The molecular formula is C28H23NO12S. The minimum atomic E-state index is -4.83. The van der Waals surface area contributed by atoms with Gasteiger partial charge in [-0.05, 0) is 54.1 Å². The fraction of sp³-hybridized carbons (Fsp3) is 0.143. The highest BCUT2D eigenvalue weighted by Crippen LogP contribution is 2.38. The van der Waals surface area contributed by atoms with E-state index in [4.69, 9.17) is 33.2 Å². The quantitative estimate of drug-likeness (QED) is 0.122. The van der Waals surface area contributed by atoms with Crippen LogP contribution in [0, 0.1) is 0 Å². The Bertz CT molecular complexity index is 1730.